The number of hydrogen-bond donors (Lipinski definition) is 0. The highest BCUT2D eigenvalue weighted by Crippen LogP contribution is 2.30. The molecule has 0 amide bonds. The molecule has 1 aliphatic heterocycles. The minimum Gasteiger partial charge on any atom is -0.372 e. The Morgan fingerprint density at radius 1 is 1.43 bits per heavy atom. The van der Waals surface area contributed by atoms with Gasteiger partial charge >= 0.3 is 0 Å². The van der Waals surface area contributed by atoms with Gasteiger partial charge in [0.05, 0.1) is 0 Å². The summed E-state index contributed by atoms with van der Waals surface area (Å²) < 4.78 is 0. The summed E-state index contributed by atoms with van der Waals surface area (Å²) >= 11 is 0. The van der Waals surface area contributed by atoms with Crippen molar-refractivity contribution in [2.75, 3.05) is 6.54 Å². The van der Waals surface area contributed by atoms with Crippen LogP contribution in [0.1, 0.15) is 53.4 Å². The minimum absolute atomic E-state index is 0.373. The van der Waals surface area contributed by atoms with E-state index in [0.29, 0.717) is 5.41 Å². The summed E-state index contributed by atoms with van der Waals surface area (Å²) in [7, 11) is 0. The van der Waals surface area contributed by atoms with E-state index < -0.39 is 0 Å². The third-order valence-corrected chi connectivity index (χ3v) is 2.99. The van der Waals surface area contributed by atoms with Gasteiger partial charge in [-0.05, 0) is 31.1 Å². The molecule has 1 atom stereocenters. The van der Waals surface area contributed by atoms with Gasteiger partial charge in [-0.1, -0.05) is 34.3 Å². The predicted octanol–water partition coefficient (Wildman–Crippen LogP) is 3.81. The third-order valence-electron chi connectivity index (χ3n) is 2.99. The molecule has 1 aliphatic rings. The van der Waals surface area contributed by atoms with Crippen LogP contribution in [0.4, 0.5) is 0 Å². The molecule has 1 heteroatoms. The molecule has 1 fully saturated rings. The first-order valence-corrected chi connectivity index (χ1v) is 5.88. The first-order chi connectivity index (χ1) is 6.44. The maximum Gasteiger partial charge on any atom is 0.0284 e. The summed E-state index contributed by atoms with van der Waals surface area (Å²) in [5.41, 5.74) is 1.72. The van der Waals surface area contributed by atoms with Gasteiger partial charge in [-0.15, -0.1) is 0 Å². The molecule has 0 spiro atoms. The summed E-state index contributed by atoms with van der Waals surface area (Å²) in [4.78, 5) is 2.53. The SMILES string of the molecule is C=C(CC(C)(C)C)N1CCCC1CC. The second-order valence-corrected chi connectivity index (χ2v) is 5.70. The molecular weight excluding hydrogens is 170 g/mol. The van der Waals surface area contributed by atoms with E-state index in [1.54, 1.807) is 0 Å². The van der Waals surface area contributed by atoms with E-state index in [4.69, 9.17) is 0 Å². The Balaban J connectivity index is 2.52. The van der Waals surface area contributed by atoms with Crippen molar-refractivity contribution in [1.29, 1.82) is 0 Å². The molecule has 0 aromatic carbocycles. The van der Waals surface area contributed by atoms with Gasteiger partial charge in [-0.3, -0.25) is 0 Å². The Bertz CT molecular complexity index is 200. The van der Waals surface area contributed by atoms with E-state index >= 15 is 0 Å². The van der Waals surface area contributed by atoms with E-state index in [1.165, 1.54) is 31.5 Å². The molecule has 0 aromatic rings. The molecule has 0 aliphatic carbocycles. The van der Waals surface area contributed by atoms with E-state index in [-0.39, 0.29) is 0 Å². The number of rotatable bonds is 3. The first-order valence-electron chi connectivity index (χ1n) is 5.88. The Kier molecular flexibility index (Phi) is 3.63. The van der Waals surface area contributed by atoms with E-state index in [1.807, 2.05) is 0 Å². The molecule has 14 heavy (non-hydrogen) atoms. The van der Waals surface area contributed by atoms with Gasteiger partial charge in [-0.2, -0.15) is 0 Å². The lowest BCUT2D eigenvalue weighted by Gasteiger charge is -2.31. The van der Waals surface area contributed by atoms with Crippen LogP contribution in [0.25, 0.3) is 0 Å². The zero-order valence-electron chi connectivity index (χ0n) is 10.3. The van der Waals surface area contributed by atoms with Crippen LogP contribution in [0, 0.1) is 5.41 Å². The summed E-state index contributed by atoms with van der Waals surface area (Å²) in [5.74, 6) is 0. The van der Waals surface area contributed by atoms with Crippen molar-refractivity contribution in [1.82, 2.24) is 4.90 Å². The Hall–Kier alpha value is -0.460. The van der Waals surface area contributed by atoms with Gasteiger partial charge in [0.2, 0.25) is 0 Å². The standard InChI is InChI=1S/C13H25N/c1-6-12-8-7-9-14(12)11(2)10-13(3,4)5/h12H,2,6-10H2,1,3-5H3. The quantitative estimate of drug-likeness (QED) is 0.662. The van der Waals surface area contributed by atoms with Crippen LogP contribution in [-0.2, 0) is 0 Å². The van der Waals surface area contributed by atoms with Crippen molar-refractivity contribution >= 4 is 0 Å². The van der Waals surface area contributed by atoms with Gasteiger partial charge < -0.3 is 4.90 Å². The molecule has 0 bridgehead atoms. The monoisotopic (exact) mass is 195 g/mol. The van der Waals surface area contributed by atoms with Gasteiger partial charge in [0.25, 0.3) is 0 Å². The van der Waals surface area contributed by atoms with Gasteiger partial charge in [0.1, 0.15) is 0 Å². The number of hydrogen-bond acceptors (Lipinski definition) is 1. The largest absolute Gasteiger partial charge is 0.372 e. The lowest BCUT2D eigenvalue weighted by atomic mass is 9.90. The van der Waals surface area contributed by atoms with Crippen LogP contribution in [0.15, 0.2) is 12.3 Å². The average Bonchev–Trinajstić information content (AvgIpc) is 2.47. The number of likely N-dealkylation sites (tertiary alicyclic amines) is 1. The fourth-order valence-corrected chi connectivity index (χ4v) is 2.39. The predicted molar refractivity (Wildman–Crippen MR) is 63.2 cm³/mol. The van der Waals surface area contributed by atoms with Crippen molar-refractivity contribution in [3.8, 4) is 0 Å². The summed E-state index contributed by atoms with van der Waals surface area (Å²) in [5, 5.41) is 0. The molecule has 0 radical (unpaired) electrons. The van der Waals surface area contributed by atoms with Crippen LogP contribution in [0.3, 0.4) is 0 Å². The maximum absolute atomic E-state index is 4.25. The van der Waals surface area contributed by atoms with Gasteiger partial charge in [0, 0.05) is 18.3 Å². The van der Waals surface area contributed by atoms with E-state index in [9.17, 15) is 0 Å². The molecule has 0 N–H and O–H groups in total. The zero-order valence-corrected chi connectivity index (χ0v) is 10.3. The van der Waals surface area contributed by atoms with Crippen LogP contribution >= 0.6 is 0 Å². The molecule has 82 valence electrons. The average molecular weight is 195 g/mol. The maximum atomic E-state index is 4.25. The second-order valence-electron chi connectivity index (χ2n) is 5.70. The van der Waals surface area contributed by atoms with E-state index in [0.717, 1.165) is 12.5 Å². The molecular formula is C13H25N. The molecule has 1 nitrogen and oxygen atoms in total. The number of nitrogens with zero attached hydrogens (tertiary/aromatic N) is 1. The molecule has 1 saturated heterocycles. The number of allylic oxidation sites excluding steroid dienone is 1. The second kappa shape index (κ2) is 4.37. The lowest BCUT2D eigenvalue weighted by molar-refractivity contribution is 0.270. The van der Waals surface area contributed by atoms with Crippen LogP contribution in [0.2, 0.25) is 0 Å². The van der Waals surface area contributed by atoms with Crippen molar-refractivity contribution < 1.29 is 0 Å². The van der Waals surface area contributed by atoms with Gasteiger partial charge in [0.15, 0.2) is 0 Å². The fourth-order valence-electron chi connectivity index (χ4n) is 2.39. The van der Waals surface area contributed by atoms with Crippen molar-refractivity contribution in [2.45, 2.75) is 59.4 Å². The van der Waals surface area contributed by atoms with Crippen LogP contribution in [-0.4, -0.2) is 17.5 Å². The summed E-state index contributed by atoms with van der Waals surface area (Å²) in [6.07, 6.45) is 5.11. The van der Waals surface area contributed by atoms with Crippen molar-refractivity contribution in [3.05, 3.63) is 12.3 Å². The molecule has 1 unspecified atom stereocenters. The molecule has 0 aromatic heterocycles. The minimum atomic E-state index is 0.373. The Morgan fingerprint density at radius 3 is 2.57 bits per heavy atom. The van der Waals surface area contributed by atoms with Crippen LogP contribution in [0.5, 0.6) is 0 Å². The molecule has 1 rings (SSSR count). The highest BCUT2D eigenvalue weighted by atomic mass is 15.2. The fraction of sp³-hybridized carbons (Fsp3) is 0.846. The zero-order chi connectivity index (χ0) is 10.8. The lowest BCUT2D eigenvalue weighted by Crippen LogP contribution is -2.29. The Labute approximate surface area is 89.2 Å². The van der Waals surface area contributed by atoms with E-state index in [2.05, 4.69) is 39.2 Å². The molecule has 1 heterocycles. The first kappa shape index (κ1) is 11.6. The topological polar surface area (TPSA) is 3.24 Å². The smallest absolute Gasteiger partial charge is 0.0284 e. The highest BCUT2D eigenvalue weighted by molar-refractivity contribution is 5.02. The van der Waals surface area contributed by atoms with Crippen molar-refractivity contribution in [2.24, 2.45) is 5.41 Å². The Morgan fingerprint density at radius 2 is 2.07 bits per heavy atom. The summed E-state index contributed by atoms with van der Waals surface area (Å²) in [6.45, 7) is 14.6. The third kappa shape index (κ3) is 3.04. The van der Waals surface area contributed by atoms with Gasteiger partial charge in [-0.25, -0.2) is 0 Å². The van der Waals surface area contributed by atoms with Crippen LogP contribution < -0.4 is 0 Å². The van der Waals surface area contributed by atoms with Crippen molar-refractivity contribution in [3.63, 3.8) is 0 Å². The summed E-state index contributed by atoms with van der Waals surface area (Å²) in [6, 6.07) is 0.768. The highest BCUT2D eigenvalue weighted by Gasteiger charge is 2.25. The molecule has 0 saturated carbocycles. The normalized spacial score (nSPS) is 22.9.